The van der Waals surface area contributed by atoms with E-state index in [1.165, 1.54) is 0 Å². The van der Waals surface area contributed by atoms with E-state index >= 15 is 0 Å². The van der Waals surface area contributed by atoms with Crippen LogP contribution in [0.2, 0.25) is 5.02 Å². The molecule has 0 aliphatic rings. The van der Waals surface area contributed by atoms with Gasteiger partial charge in [0.05, 0.1) is 6.54 Å². The number of amides is 1. The maximum atomic E-state index is 12.3. The highest BCUT2D eigenvalue weighted by Crippen LogP contribution is 2.22. The molecule has 3 rings (SSSR count). The third kappa shape index (κ3) is 2.67. The molecule has 21 heavy (non-hydrogen) atoms. The van der Waals surface area contributed by atoms with Gasteiger partial charge in [0, 0.05) is 23.0 Å². The molecule has 0 aliphatic heterocycles. The number of halogens is 1. The van der Waals surface area contributed by atoms with Crippen molar-refractivity contribution < 1.29 is 9.21 Å². The predicted molar refractivity (Wildman–Crippen MR) is 82.5 cm³/mol. The molecule has 108 valence electrons. The fourth-order valence-corrected chi connectivity index (χ4v) is 2.53. The third-order valence-electron chi connectivity index (χ3n) is 3.46. The molecule has 1 aromatic carbocycles. The Hall–Kier alpha value is -2.20. The largest absolute Gasteiger partial charge is 0.465 e. The Kier molecular flexibility index (Phi) is 3.47. The molecular weight excluding hydrogens is 288 g/mol. The second kappa shape index (κ2) is 5.30. The van der Waals surface area contributed by atoms with Crippen molar-refractivity contribution in [2.24, 2.45) is 7.05 Å². The molecule has 0 aliphatic carbocycles. The average Bonchev–Trinajstić information content (AvgIpc) is 3.01. The van der Waals surface area contributed by atoms with Gasteiger partial charge in [0.2, 0.25) is 0 Å². The van der Waals surface area contributed by atoms with Crippen LogP contribution in [-0.2, 0) is 13.6 Å². The monoisotopic (exact) mass is 302 g/mol. The molecule has 0 saturated heterocycles. The quantitative estimate of drug-likeness (QED) is 0.802. The molecule has 0 saturated carbocycles. The van der Waals surface area contributed by atoms with Crippen LogP contribution < -0.4 is 5.32 Å². The number of hydrogen-bond acceptors (Lipinski definition) is 2. The van der Waals surface area contributed by atoms with Gasteiger partial charge >= 0.3 is 0 Å². The van der Waals surface area contributed by atoms with Crippen LogP contribution in [0, 0.1) is 6.92 Å². The lowest BCUT2D eigenvalue weighted by Gasteiger charge is -2.05. The molecule has 0 fully saturated rings. The summed E-state index contributed by atoms with van der Waals surface area (Å²) >= 11 is 6.00. The first-order valence-electron chi connectivity index (χ1n) is 6.63. The molecule has 0 atom stereocenters. The van der Waals surface area contributed by atoms with E-state index in [-0.39, 0.29) is 5.91 Å². The van der Waals surface area contributed by atoms with Gasteiger partial charge in [0.25, 0.3) is 5.91 Å². The summed E-state index contributed by atoms with van der Waals surface area (Å²) in [5.74, 6) is 1.43. The first kappa shape index (κ1) is 13.8. The number of nitrogens with zero attached hydrogens (tertiary/aromatic N) is 1. The lowest BCUT2D eigenvalue weighted by molar-refractivity contribution is 0.0940. The summed E-state index contributed by atoms with van der Waals surface area (Å²) in [6.45, 7) is 2.24. The third-order valence-corrected chi connectivity index (χ3v) is 3.69. The molecule has 2 aromatic heterocycles. The molecule has 4 nitrogen and oxygen atoms in total. The number of carbonyl (C=O) groups is 1. The van der Waals surface area contributed by atoms with E-state index in [4.69, 9.17) is 16.0 Å². The molecular formula is C16H15ClN2O2. The van der Waals surface area contributed by atoms with Gasteiger partial charge in [-0.05, 0) is 37.3 Å². The lowest BCUT2D eigenvalue weighted by Crippen LogP contribution is -2.24. The summed E-state index contributed by atoms with van der Waals surface area (Å²) in [6, 6.07) is 11.2. The Morgan fingerprint density at radius 3 is 2.81 bits per heavy atom. The number of fused-ring (bicyclic) bond motifs is 1. The highest BCUT2D eigenvalue weighted by molar-refractivity contribution is 6.31. The smallest absolute Gasteiger partial charge is 0.268 e. The van der Waals surface area contributed by atoms with Gasteiger partial charge in [-0.15, -0.1) is 0 Å². The Labute approximate surface area is 127 Å². The van der Waals surface area contributed by atoms with E-state index in [1.54, 1.807) is 0 Å². The Bertz CT molecular complexity index is 817. The molecule has 5 heteroatoms. The fraction of sp³-hybridized carbons (Fsp3) is 0.188. The number of furan rings is 1. The Morgan fingerprint density at radius 2 is 2.10 bits per heavy atom. The Morgan fingerprint density at radius 1 is 1.29 bits per heavy atom. The van der Waals surface area contributed by atoms with Crippen molar-refractivity contribution in [2.75, 3.05) is 0 Å². The lowest BCUT2D eigenvalue weighted by atomic mass is 10.2. The fourth-order valence-electron chi connectivity index (χ4n) is 2.36. The van der Waals surface area contributed by atoms with Crippen LogP contribution >= 0.6 is 11.6 Å². The number of nitrogens with one attached hydrogen (secondary N) is 1. The van der Waals surface area contributed by atoms with Crippen molar-refractivity contribution in [2.45, 2.75) is 13.5 Å². The van der Waals surface area contributed by atoms with Gasteiger partial charge in [-0.1, -0.05) is 17.7 Å². The first-order valence-corrected chi connectivity index (χ1v) is 7.01. The topological polar surface area (TPSA) is 47.2 Å². The SMILES string of the molecule is Cc1ccc(CNC(=O)c2cc3ccc(Cl)cc3n2C)o1. The number of rotatable bonds is 3. The van der Waals surface area contributed by atoms with Gasteiger partial charge < -0.3 is 14.3 Å². The summed E-state index contributed by atoms with van der Waals surface area (Å²) in [6.07, 6.45) is 0. The summed E-state index contributed by atoms with van der Waals surface area (Å²) in [7, 11) is 1.85. The molecule has 0 unspecified atom stereocenters. The minimum absolute atomic E-state index is 0.140. The molecule has 0 spiro atoms. The maximum Gasteiger partial charge on any atom is 0.268 e. The van der Waals surface area contributed by atoms with Gasteiger partial charge in [-0.2, -0.15) is 0 Å². The highest BCUT2D eigenvalue weighted by Gasteiger charge is 2.13. The van der Waals surface area contributed by atoms with Crippen LogP contribution in [0.5, 0.6) is 0 Å². The molecule has 0 bridgehead atoms. The van der Waals surface area contributed by atoms with Gasteiger partial charge in [0.1, 0.15) is 17.2 Å². The van der Waals surface area contributed by atoms with Crippen LogP contribution in [0.4, 0.5) is 0 Å². The zero-order valence-electron chi connectivity index (χ0n) is 11.8. The van der Waals surface area contributed by atoms with E-state index < -0.39 is 0 Å². The summed E-state index contributed by atoms with van der Waals surface area (Å²) in [5.41, 5.74) is 1.53. The second-order valence-electron chi connectivity index (χ2n) is 4.99. The predicted octanol–water partition coefficient (Wildman–Crippen LogP) is 3.66. The molecule has 2 heterocycles. The van der Waals surface area contributed by atoms with Crippen LogP contribution in [0.3, 0.4) is 0 Å². The minimum Gasteiger partial charge on any atom is -0.465 e. The van der Waals surface area contributed by atoms with Crippen molar-refractivity contribution >= 4 is 28.4 Å². The number of carbonyl (C=O) groups excluding carboxylic acids is 1. The number of aromatic nitrogens is 1. The molecule has 1 N–H and O–H groups in total. The average molecular weight is 303 g/mol. The number of benzene rings is 1. The van der Waals surface area contributed by atoms with Gasteiger partial charge in [-0.25, -0.2) is 0 Å². The van der Waals surface area contributed by atoms with E-state index in [0.29, 0.717) is 17.3 Å². The normalized spacial score (nSPS) is 11.0. The summed E-state index contributed by atoms with van der Waals surface area (Å²) in [4.78, 5) is 12.3. The van der Waals surface area contributed by atoms with Gasteiger partial charge in [-0.3, -0.25) is 4.79 Å². The van der Waals surface area contributed by atoms with Crippen molar-refractivity contribution in [3.8, 4) is 0 Å². The van der Waals surface area contributed by atoms with Crippen molar-refractivity contribution in [1.82, 2.24) is 9.88 Å². The van der Waals surface area contributed by atoms with Crippen molar-refractivity contribution in [3.05, 3.63) is 58.6 Å². The molecule has 3 aromatic rings. The number of aryl methyl sites for hydroxylation is 2. The summed E-state index contributed by atoms with van der Waals surface area (Å²) < 4.78 is 7.27. The van der Waals surface area contributed by atoms with Crippen LogP contribution in [0.15, 0.2) is 40.8 Å². The standard InChI is InChI=1S/C16H15ClN2O2/c1-10-3-6-13(21-10)9-18-16(20)15-7-11-4-5-12(17)8-14(11)19(15)2/h3-8H,9H2,1-2H3,(H,18,20). The zero-order chi connectivity index (χ0) is 15.0. The molecule has 0 radical (unpaired) electrons. The number of hydrogen-bond donors (Lipinski definition) is 1. The minimum atomic E-state index is -0.140. The highest BCUT2D eigenvalue weighted by atomic mass is 35.5. The molecule has 1 amide bonds. The summed E-state index contributed by atoms with van der Waals surface area (Å²) in [5, 5.41) is 4.50. The van der Waals surface area contributed by atoms with Crippen molar-refractivity contribution in [1.29, 1.82) is 0 Å². The maximum absolute atomic E-state index is 12.3. The van der Waals surface area contributed by atoms with E-state index in [9.17, 15) is 4.79 Å². The van der Waals surface area contributed by atoms with E-state index in [0.717, 1.165) is 22.4 Å². The Balaban J connectivity index is 1.82. The van der Waals surface area contributed by atoms with Crippen LogP contribution in [0.25, 0.3) is 10.9 Å². The van der Waals surface area contributed by atoms with Crippen LogP contribution in [-0.4, -0.2) is 10.5 Å². The zero-order valence-corrected chi connectivity index (χ0v) is 12.6. The van der Waals surface area contributed by atoms with E-state index in [1.807, 2.05) is 54.9 Å². The second-order valence-corrected chi connectivity index (χ2v) is 5.42. The van der Waals surface area contributed by atoms with Crippen LogP contribution in [0.1, 0.15) is 22.0 Å². The van der Waals surface area contributed by atoms with E-state index in [2.05, 4.69) is 5.32 Å². The van der Waals surface area contributed by atoms with Gasteiger partial charge in [0.15, 0.2) is 0 Å². The van der Waals surface area contributed by atoms with Crippen molar-refractivity contribution in [3.63, 3.8) is 0 Å². The first-order chi connectivity index (χ1) is 10.0.